The molecule has 27 heavy (non-hydrogen) atoms. The van der Waals surface area contributed by atoms with Crippen LogP contribution in [0.1, 0.15) is 36.7 Å². The van der Waals surface area contributed by atoms with Crippen molar-refractivity contribution >= 4 is 5.96 Å². The van der Waals surface area contributed by atoms with Gasteiger partial charge in [-0.25, -0.2) is 9.98 Å². The van der Waals surface area contributed by atoms with E-state index in [9.17, 15) is 13.2 Å². The van der Waals surface area contributed by atoms with E-state index >= 15 is 0 Å². The molecule has 0 aliphatic carbocycles. The molecule has 5 nitrogen and oxygen atoms in total. The predicted octanol–water partition coefficient (Wildman–Crippen LogP) is 3.75. The normalized spacial score (nSPS) is 12.3. The molecule has 2 rings (SSSR count). The zero-order valence-electron chi connectivity index (χ0n) is 15.7. The van der Waals surface area contributed by atoms with Gasteiger partial charge in [-0.3, -0.25) is 0 Å². The van der Waals surface area contributed by atoms with Crippen molar-refractivity contribution in [1.29, 1.82) is 0 Å². The van der Waals surface area contributed by atoms with E-state index in [1.165, 1.54) is 12.1 Å². The molecule has 0 bridgehead atoms. The summed E-state index contributed by atoms with van der Waals surface area (Å²) in [6.45, 7) is 6.68. The van der Waals surface area contributed by atoms with Gasteiger partial charge in [0, 0.05) is 32.0 Å². The Balaban J connectivity index is 1.78. The second kappa shape index (κ2) is 9.99. The van der Waals surface area contributed by atoms with E-state index < -0.39 is 11.7 Å². The van der Waals surface area contributed by atoms with Gasteiger partial charge in [-0.2, -0.15) is 13.2 Å². The number of alkyl halides is 3. The maximum absolute atomic E-state index is 12.6. The van der Waals surface area contributed by atoms with Crippen molar-refractivity contribution < 1.29 is 13.2 Å². The van der Waals surface area contributed by atoms with Crippen LogP contribution in [0.2, 0.25) is 0 Å². The van der Waals surface area contributed by atoms with Gasteiger partial charge >= 0.3 is 6.18 Å². The molecule has 0 atom stereocenters. The van der Waals surface area contributed by atoms with Crippen LogP contribution in [-0.4, -0.2) is 28.6 Å². The molecule has 0 aliphatic rings. The van der Waals surface area contributed by atoms with Crippen molar-refractivity contribution in [3.8, 4) is 0 Å². The van der Waals surface area contributed by atoms with Crippen LogP contribution in [0.3, 0.4) is 0 Å². The molecule has 0 radical (unpaired) electrons. The zero-order chi connectivity index (χ0) is 19.7. The van der Waals surface area contributed by atoms with Crippen molar-refractivity contribution in [3.63, 3.8) is 0 Å². The SMILES string of the molecule is CCNC(=NCc1ccc(C(F)(F)F)cc1)NCCCCn1ccnc1C. The predicted molar refractivity (Wildman–Crippen MR) is 100 cm³/mol. The summed E-state index contributed by atoms with van der Waals surface area (Å²) in [7, 11) is 0. The Morgan fingerprint density at radius 2 is 1.89 bits per heavy atom. The topological polar surface area (TPSA) is 54.2 Å². The minimum Gasteiger partial charge on any atom is -0.357 e. The third-order valence-corrected chi connectivity index (χ3v) is 4.09. The fourth-order valence-corrected chi connectivity index (χ4v) is 2.57. The van der Waals surface area contributed by atoms with E-state index in [0.717, 1.165) is 49.5 Å². The summed E-state index contributed by atoms with van der Waals surface area (Å²) in [5.74, 6) is 1.67. The highest BCUT2D eigenvalue weighted by molar-refractivity contribution is 5.79. The van der Waals surface area contributed by atoms with E-state index in [0.29, 0.717) is 19.0 Å². The average molecular weight is 381 g/mol. The van der Waals surface area contributed by atoms with Crippen LogP contribution in [0.5, 0.6) is 0 Å². The highest BCUT2D eigenvalue weighted by Crippen LogP contribution is 2.29. The standard InChI is InChI=1S/C19H26F3N5/c1-3-23-18(25-10-4-5-12-27-13-11-24-15(27)2)26-14-16-6-8-17(9-7-16)19(20,21)22/h6-9,11,13H,3-5,10,12,14H2,1-2H3,(H2,23,25,26). The molecule has 0 fully saturated rings. The van der Waals surface area contributed by atoms with Crippen LogP contribution in [0.4, 0.5) is 13.2 Å². The third kappa shape index (κ3) is 6.96. The molecule has 2 aromatic rings. The van der Waals surface area contributed by atoms with Crippen molar-refractivity contribution in [2.75, 3.05) is 13.1 Å². The number of halogens is 3. The fourth-order valence-electron chi connectivity index (χ4n) is 2.57. The van der Waals surface area contributed by atoms with Crippen molar-refractivity contribution in [2.24, 2.45) is 4.99 Å². The molecular weight excluding hydrogens is 355 g/mol. The number of aromatic nitrogens is 2. The molecule has 0 spiro atoms. The Hall–Kier alpha value is -2.51. The summed E-state index contributed by atoms with van der Waals surface area (Å²) >= 11 is 0. The molecule has 0 saturated carbocycles. The van der Waals surface area contributed by atoms with E-state index in [2.05, 4.69) is 25.2 Å². The number of unbranched alkanes of at least 4 members (excludes halogenated alkanes) is 1. The van der Waals surface area contributed by atoms with Crippen LogP contribution in [0.15, 0.2) is 41.7 Å². The number of imidazole rings is 1. The number of hydrogen-bond acceptors (Lipinski definition) is 2. The van der Waals surface area contributed by atoms with Crippen LogP contribution in [0, 0.1) is 6.92 Å². The van der Waals surface area contributed by atoms with Gasteiger partial charge in [0.2, 0.25) is 0 Å². The van der Waals surface area contributed by atoms with Gasteiger partial charge in [-0.1, -0.05) is 12.1 Å². The Labute approximate surface area is 157 Å². The summed E-state index contributed by atoms with van der Waals surface area (Å²) in [5, 5.41) is 6.40. The molecule has 0 amide bonds. The van der Waals surface area contributed by atoms with Crippen molar-refractivity contribution in [2.45, 2.75) is 46.0 Å². The number of hydrogen-bond donors (Lipinski definition) is 2. The summed E-state index contributed by atoms with van der Waals surface area (Å²) in [6.07, 6.45) is 1.45. The molecule has 1 aromatic carbocycles. The van der Waals surface area contributed by atoms with Gasteiger partial charge in [-0.05, 0) is 44.4 Å². The molecule has 8 heteroatoms. The van der Waals surface area contributed by atoms with Gasteiger partial charge in [0.05, 0.1) is 12.1 Å². The molecule has 148 valence electrons. The molecular formula is C19H26F3N5. The second-order valence-corrected chi connectivity index (χ2v) is 6.19. The first-order chi connectivity index (χ1) is 12.9. The van der Waals surface area contributed by atoms with E-state index in [4.69, 9.17) is 0 Å². The number of rotatable bonds is 8. The second-order valence-electron chi connectivity index (χ2n) is 6.19. The number of aryl methyl sites for hydroxylation is 2. The van der Waals surface area contributed by atoms with Gasteiger partial charge in [0.25, 0.3) is 0 Å². The molecule has 1 heterocycles. The van der Waals surface area contributed by atoms with Crippen molar-refractivity contribution in [3.05, 3.63) is 53.6 Å². The quantitative estimate of drug-likeness (QED) is 0.416. The third-order valence-electron chi connectivity index (χ3n) is 4.09. The molecule has 0 aliphatic heterocycles. The largest absolute Gasteiger partial charge is 0.416 e. The average Bonchev–Trinajstić information content (AvgIpc) is 3.04. The first-order valence-corrected chi connectivity index (χ1v) is 9.06. The number of benzene rings is 1. The van der Waals surface area contributed by atoms with Crippen molar-refractivity contribution in [1.82, 2.24) is 20.2 Å². The maximum atomic E-state index is 12.6. The lowest BCUT2D eigenvalue weighted by molar-refractivity contribution is -0.137. The first-order valence-electron chi connectivity index (χ1n) is 9.06. The smallest absolute Gasteiger partial charge is 0.357 e. The Morgan fingerprint density at radius 1 is 1.15 bits per heavy atom. The fraction of sp³-hybridized carbons (Fsp3) is 0.474. The van der Waals surface area contributed by atoms with E-state index in [1.54, 1.807) is 6.20 Å². The summed E-state index contributed by atoms with van der Waals surface area (Å²) in [6, 6.07) is 5.10. The van der Waals surface area contributed by atoms with Crippen LogP contribution in [0.25, 0.3) is 0 Å². The van der Waals surface area contributed by atoms with Crippen LogP contribution < -0.4 is 10.6 Å². The maximum Gasteiger partial charge on any atom is 0.416 e. The Morgan fingerprint density at radius 3 is 2.48 bits per heavy atom. The molecule has 2 N–H and O–H groups in total. The lowest BCUT2D eigenvalue weighted by Gasteiger charge is -2.12. The van der Waals surface area contributed by atoms with Gasteiger partial charge in [0.15, 0.2) is 5.96 Å². The number of nitrogens with zero attached hydrogens (tertiary/aromatic N) is 3. The summed E-state index contributed by atoms with van der Waals surface area (Å²) < 4.78 is 39.9. The van der Waals surface area contributed by atoms with Gasteiger partial charge in [-0.15, -0.1) is 0 Å². The zero-order valence-corrected chi connectivity index (χ0v) is 15.7. The van der Waals surface area contributed by atoms with E-state index in [-0.39, 0.29) is 0 Å². The van der Waals surface area contributed by atoms with Crippen LogP contribution >= 0.6 is 0 Å². The highest BCUT2D eigenvalue weighted by atomic mass is 19.4. The van der Waals surface area contributed by atoms with Gasteiger partial charge < -0.3 is 15.2 Å². The number of nitrogens with one attached hydrogen (secondary N) is 2. The number of guanidine groups is 1. The highest BCUT2D eigenvalue weighted by Gasteiger charge is 2.29. The molecule has 0 saturated heterocycles. The number of aliphatic imine (C=N–C) groups is 1. The van der Waals surface area contributed by atoms with Crippen LogP contribution in [-0.2, 0) is 19.3 Å². The first kappa shape index (κ1) is 20.8. The van der Waals surface area contributed by atoms with Gasteiger partial charge in [0.1, 0.15) is 5.82 Å². The Kier molecular flexibility index (Phi) is 7.69. The molecule has 0 unspecified atom stereocenters. The summed E-state index contributed by atoms with van der Waals surface area (Å²) in [5.41, 5.74) is 0.0872. The monoisotopic (exact) mass is 381 g/mol. The summed E-state index contributed by atoms with van der Waals surface area (Å²) in [4.78, 5) is 8.63. The minimum atomic E-state index is -4.31. The lowest BCUT2D eigenvalue weighted by Crippen LogP contribution is -2.37. The minimum absolute atomic E-state index is 0.321. The molecule has 1 aromatic heterocycles. The lowest BCUT2D eigenvalue weighted by atomic mass is 10.1. The Bertz CT molecular complexity index is 720. The van der Waals surface area contributed by atoms with E-state index in [1.807, 2.05) is 20.0 Å².